The zero-order valence-corrected chi connectivity index (χ0v) is 16.1. The molecule has 0 bridgehead atoms. The molecule has 0 saturated carbocycles. The molecule has 2 heterocycles. The molecule has 2 N–H and O–H groups in total. The maximum absolute atomic E-state index is 11.4. The van der Waals surface area contributed by atoms with Gasteiger partial charge in [-0.2, -0.15) is 0 Å². The van der Waals surface area contributed by atoms with Crippen LogP contribution in [0, 0.1) is 13.8 Å². The molecule has 0 radical (unpaired) electrons. The molecule has 142 valence electrons. The topological polar surface area (TPSA) is 105 Å². The molecule has 3 aromatic rings. The Morgan fingerprint density at radius 1 is 1.26 bits per heavy atom. The van der Waals surface area contributed by atoms with Crippen LogP contribution in [0.2, 0.25) is 0 Å². The van der Waals surface area contributed by atoms with E-state index in [-0.39, 0.29) is 12.4 Å². The summed E-state index contributed by atoms with van der Waals surface area (Å²) in [5.41, 5.74) is 2.22. The van der Waals surface area contributed by atoms with Crippen LogP contribution in [0.1, 0.15) is 33.3 Å². The monoisotopic (exact) mass is 388 g/mol. The Kier molecular flexibility index (Phi) is 5.70. The standard InChI is InChI=1S/C18H20N4O4S/c1-11-4-6-14(12(2)8-11)25-9-16-20-21-18(22(16)19)27-10-13-5-7-15(26-13)17(23)24-3/h4-8H,9-10,19H2,1-3H3. The van der Waals surface area contributed by atoms with Crippen molar-refractivity contribution >= 4 is 17.7 Å². The van der Waals surface area contributed by atoms with E-state index in [2.05, 4.69) is 21.0 Å². The second-order valence-electron chi connectivity index (χ2n) is 5.87. The van der Waals surface area contributed by atoms with Crippen LogP contribution >= 0.6 is 11.8 Å². The van der Waals surface area contributed by atoms with Crippen molar-refractivity contribution in [2.75, 3.05) is 13.0 Å². The predicted molar refractivity (Wildman–Crippen MR) is 100 cm³/mol. The third kappa shape index (κ3) is 4.43. The van der Waals surface area contributed by atoms with Gasteiger partial charge in [-0.05, 0) is 37.6 Å². The summed E-state index contributed by atoms with van der Waals surface area (Å²) in [5.74, 6) is 8.04. The van der Waals surface area contributed by atoms with Gasteiger partial charge in [-0.1, -0.05) is 29.5 Å². The summed E-state index contributed by atoms with van der Waals surface area (Å²) < 4.78 is 17.2. The number of esters is 1. The number of thioether (sulfide) groups is 1. The minimum atomic E-state index is -0.515. The van der Waals surface area contributed by atoms with Crippen LogP contribution in [0.25, 0.3) is 0 Å². The molecule has 27 heavy (non-hydrogen) atoms. The van der Waals surface area contributed by atoms with Crippen LogP contribution in [0.3, 0.4) is 0 Å². The fourth-order valence-corrected chi connectivity index (χ4v) is 3.18. The van der Waals surface area contributed by atoms with E-state index in [1.54, 1.807) is 12.1 Å². The first-order valence-corrected chi connectivity index (χ1v) is 9.15. The lowest BCUT2D eigenvalue weighted by Crippen LogP contribution is -2.16. The highest BCUT2D eigenvalue weighted by atomic mass is 32.2. The van der Waals surface area contributed by atoms with Gasteiger partial charge in [-0.15, -0.1) is 10.2 Å². The number of carbonyl (C=O) groups is 1. The van der Waals surface area contributed by atoms with E-state index in [9.17, 15) is 4.79 Å². The Hall–Kier alpha value is -2.94. The number of aryl methyl sites for hydroxylation is 2. The third-order valence-corrected chi connectivity index (χ3v) is 4.78. The molecule has 3 rings (SSSR count). The van der Waals surface area contributed by atoms with Gasteiger partial charge < -0.3 is 19.7 Å². The molecule has 0 amide bonds. The van der Waals surface area contributed by atoms with Crippen molar-refractivity contribution in [1.82, 2.24) is 14.9 Å². The quantitative estimate of drug-likeness (QED) is 0.374. The molecule has 0 spiro atoms. The molecule has 0 aliphatic rings. The number of carbonyl (C=O) groups excluding carboxylic acids is 1. The SMILES string of the molecule is COC(=O)c1ccc(CSc2nnc(COc3ccc(C)cc3C)n2N)o1. The van der Waals surface area contributed by atoms with Gasteiger partial charge in [0.05, 0.1) is 12.9 Å². The number of benzene rings is 1. The highest BCUT2D eigenvalue weighted by Gasteiger charge is 2.14. The van der Waals surface area contributed by atoms with Gasteiger partial charge in [-0.3, -0.25) is 0 Å². The molecule has 8 nitrogen and oxygen atoms in total. The number of hydrogen-bond acceptors (Lipinski definition) is 8. The Labute approximate surface area is 160 Å². The van der Waals surface area contributed by atoms with Gasteiger partial charge in [0.1, 0.15) is 18.1 Å². The van der Waals surface area contributed by atoms with Crippen molar-refractivity contribution in [2.45, 2.75) is 31.4 Å². The summed E-state index contributed by atoms with van der Waals surface area (Å²) >= 11 is 1.34. The minimum absolute atomic E-state index is 0.157. The Morgan fingerprint density at radius 2 is 2.07 bits per heavy atom. The van der Waals surface area contributed by atoms with E-state index < -0.39 is 5.97 Å². The van der Waals surface area contributed by atoms with Crippen molar-refractivity contribution in [3.63, 3.8) is 0 Å². The average molecular weight is 388 g/mol. The van der Waals surface area contributed by atoms with Gasteiger partial charge in [0.25, 0.3) is 0 Å². The molecule has 0 atom stereocenters. The summed E-state index contributed by atoms with van der Waals surface area (Å²) in [7, 11) is 1.30. The molecule has 1 aromatic carbocycles. The molecule has 9 heteroatoms. The molecule has 0 aliphatic carbocycles. The molecular formula is C18H20N4O4S. The van der Waals surface area contributed by atoms with E-state index in [4.69, 9.17) is 15.0 Å². The summed E-state index contributed by atoms with van der Waals surface area (Å²) in [6.45, 7) is 4.23. The van der Waals surface area contributed by atoms with Gasteiger partial charge in [0, 0.05) is 0 Å². The smallest absolute Gasteiger partial charge is 0.373 e. The normalized spacial score (nSPS) is 10.8. The summed E-state index contributed by atoms with van der Waals surface area (Å²) in [6, 6.07) is 9.24. The number of rotatable bonds is 7. The first-order chi connectivity index (χ1) is 13.0. The number of nitrogen functional groups attached to an aromatic ring is 1. The highest BCUT2D eigenvalue weighted by molar-refractivity contribution is 7.98. The van der Waals surface area contributed by atoms with E-state index in [1.807, 2.05) is 26.0 Å². The van der Waals surface area contributed by atoms with Crippen molar-refractivity contribution in [3.8, 4) is 5.75 Å². The van der Waals surface area contributed by atoms with E-state index >= 15 is 0 Å². The van der Waals surface area contributed by atoms with Crippen LogP contribution in [0.15, 0.2) is 39.9 Å². The average Bonchev–Trinajstić information content (AvgIpc) is 3.26. The van der Waals surface area contributed by atoms with Gasteiger partial charge in [-0.25, -0.2) is 9.47 Å². The van der Waals surface area contributed by atoms with Crippen LogP contribution in [-0.4, -0.2) is 28.0 Å². The predicted octanol–water partition coefficient (Wildman–Crippen LogP) is 2.86. The van der Waals surface area contributed by atoms with Crippen molar-refractivity contribution < 1.29 is 18.7 Å². The van der Waals surface area contributed by atoms with Crippen molar-refractivity contribution in [3.05, 3.63) is 58.8 Å². The second kappa shape index (κ2) is 8.17. The maximum atomic E-state index is 11.4. The van der Waals surface area contributed by atoms with Crippen LogP contribution in [-0.2, 0) is 17.1 Å². The Morgan fingerprint density at radius 3 is 2.81 bits per heavy atom. The van der Waals surface area contributed by atoms with Crippen LogP contribution in [0.4, 0.5) is 0 Å². The highest BCUT2D eigenvalue weighted by Crippen LogP contribution is 2.23. The lowest BCUT2D eigenvalue weighted by Gasteiger charge is -2.09. The Bertz CT molecular complexity index is 951. The zero-order chi connectivity index (χ0) is 19.4. The van der Waals surface area contributed by atoms with Crippen molar-refractivity contribution in [2.24, 2.45) is 0 Å². The molecular weight excluding hydrogens is 368 g/mol. The third-order valence-electron chi connectivity index (χ3n) is 3.81. The minimum Gasteiger partial charge on any atom is -0.485 e. The molecule has 0 fully saturated rings. The number of nitrogens with two attached hydrogens (primary N) is 1. The fourth-order valence-electron chi connectivity index (χ4n) is 2.41. The van der Waals surface area contributed by atoms with E-state index in [0.29, 0.717) is 22.5 Å². The van der Waals surface area contributed by atoms with Crippen LogP contribution < -0.4 is 10.6 Å². The molecule has 0 saturated heterocycles. The summed E-state index contributed by atoms with van der Waals surface area (Å²) in [6.07, 6.45) is 0. The molecule has 2 aromatic heterocycles. The fraction of sp³-hybridized carbons (Fsp3) is 0.278. The number of furan rings is 1. The number of methoxy groups -OCH3 is 1. The summed E-state index contributed by atoms with van der Waals surface area (Å²) in [5, 5.41) is 8.67. The summed E-state index contributed by atoms with van der Waals surface area (Å²) in [4.78, 5) is 11.4. The number of hydrogen-bond donors (Lipinski definition) is 1. The van der Waals surface area contributed by atoms with Gasteiger partial charge in [0.2, 0.25) is 10.9 Å². The lowest BCUT2D eigenvalue weighted by molar-refractivity contribution is 0.0563. The Balaban J connectivity index is 1.60. The van der Waals surface area contributed by atoms with Gasteiger partial charge >= 0.3 is 5.97 Å². The van der Waals surface area contributed by atoms with E-state index in [0.717, 1.165) is 11.3 Å². The number of ether oxygens (including phenoxy) is 2. The molecule has 0 unspecified atom stereocenters. The van der Waals surface area contributed by atoms with Gasteiger partial charge in [0.15, 0.2) is 5.82 Å². The number of nitrogens with zero attached hydrogens (tertiary/aromatic N) is 3. The largest absolute Gasteiger partial charge is 0.485 e. The molecule has 0 aliphatic heterocycles. The van der Waals surface area contributed by atoms with Crippen LogP contribution in [0.5, 0.6) is 5.75 Å². The maximum Gasteiger partial charge on any atom is 0.373 e. The number of aromatic nitrogens is 3. The van der Waals surface area contributed by atoms with Crippen molar-refractivity contribution in [1.29, 1.82) is 0 Å². The first kappa shape index (κ1) is 18.8. The zero-order valence-electron chi connectivity index (χ0n) is 15.3. The first-order valence-electron chi connectivity index (χ1n) is 8.17. The second-order valence-corrected chi connectivity index (χ2v) is 6.82. The lowest BCUT2D eigenvalue weighted by atomic mass is 10.1. The van der Waals surface area contributed by atoms with E-state index in [1.165, 1.54) is 29.1 Å².